The molecule has 0 aliphatic carbocycles. The van der Waals surface area contributed by atoms with Gasteiger partial charge in [0.25, 0.3) is 5.56 Å². The maximum Gasteiger partial charge on any atom is 0.258 e. The Bertz CT molecular complexity index is 572. The molecule has 0 spiro atoms. The van der Waals surface area contributed by atoms with E-state index >= 15 is 0 Å². The molecule has 0 unspecified atom stereocenters. The number of halogens is 1. The molecular formula is C12H12BrNO. The molecule has 2 nitrogen and oxygen atoms in total. The first-order valence-electron chi connectivity index (χ1n) is 4.91. The maximum absolute atomic E-state index is 11.9. The Hall–Kier alpha value is -1.09. The Kier molecular flexibility index (Phi) is 2.65. The van der Waals surface area contributed by atoms with E-state index < -0.39 is 0 Å². The summed E-state index contributed by atoms with van der Waals surface area (Å²) in [6, 6.07) is 5.79. The fourth-order valence-electron chi connectivity index (χ4n) is 1.80. The highest BCUT2D eigenvalue weighted by Gasteiger charge is 2.05. The lowest BCUT2D eigenvalue weighted by Crippen LogP contribution is -2.17. The van der Waals surface area contributed by atoms with Crippen molar-refractivity contribution in [1.29, 1.82) is 0 Å². The smallest absolute Gasteiger partial charge is 0.258 e. The lowest BCUT2D eigenvalue weighted by atomic mass is 10.1. The fraction of sp³-hybridized carbons (Fsp3) is 0.250. The van der Waals surface area contributed by atoms with Crippen molar-refractivity contribution in [2.24, 2.45) is 7.05 Å². The number of rotatable bonds is 1. The van der Waals surface area contributed by atoms with E-state index in [1.807, 2.05) is 24.4 Å². The van der Waals surface area contributed by atoms with Gasteiger partial charge in [-0.3, -0.25) is 4.79 Å². The van der Waals surface area contributed by atoms with E-state index in [4.69, 9.17) is 0 Å². The van der Waals surface area contributed by atoms with Gasteiger partial charge in [0.2, 0.25) is 0 Å². The van der Waals surface area contributed by atoms with E-state index in [0.717, 1.165) is 21.7 Å². The second-order valence-corrected chi connectivity index (χ2v) is 4.53. The Labute approximate surface area is 96.7 Å². The van der Waals surface area contributed by atoms with E-state index in [1.165, 1.54) is 5.56 Å². The maximum atomic E-state index is 11.9. The van der Waals surface area contributed by atoms with E-state index in [1.54, 1.807) is 11.6 Å². The molecule has 2 aromatic rings. The summed E-state index contributed by atoms with van der Waals surface area (Å²) in [5, 5.41) is 1.84. The summed E-state index contributed by atoms with van der Waals surface area (Å²) in [7, 11) is 1.79. The van der Waals surface area contributed by atoms with Crippen LogP contribution in [0.1, 0.15) is 12.5 Å². The third-order valence-corrected chi connectivity index (χ3v) is 3.10. The van der Waals surface area contributed by atoms with E-state index in [0.29, 0.717) is 0 Å². The van der Waals surface area contributed by atoms with Crippen LogP contribution in [0.4, 0.5) is 0 Å². The van der Waals surface area contributed by atoms with Crippen LogP contribution in [-0.4, -0.2) is 4.57 Å². The summed E-state index contributed by atoms with van der Waals surface area (Å²) >= 11 is 3.43. The minimum absolute atomic E-state index is 0.0645. The average molecular weight is 266 g/mol. The molecule has 1 aromatic carbocycles. The van der Waals surface area contributed by atoms with Crippen molar-refractivity contribution in [3.05, 3.63) is 44.8 Å². The molecule has 0 saturated heterocycles. The van der Waals surface area contributed by atoms with Gasteiger partial charge in [0.05, 0.1) is 0 Å². The highest BCUT2D eigenvalue weighted by Crippen LogP contribution is 2.20. The molecule has 78 valence electrons. The molecule has 0 aliphatic rings. The van der Waals surface area contributed by atoms with Gasteiger partial charge >= 0.3 is 0 Å². The van der Waals surface area contributed by atoms with Crippen LogP contribution in [0.15, 0.2) is 33.7 Å². The minimum Gasteiger partial charge on any atom is -0.318 e. The number of fused-ring (bicyclic) bond motifs is 1. The Balaban J connectivity index is 2.96. The van der Waals surface area contributed by atoms with Gasteiger partial charge in [-0.2, -0.15) is 0 Å². The highest BCUT2D eigenvalue weighted by atomic mass is 79.9. The summed E-state index contributed by atoms with van der Waals surface area (Å²) in [6.45, 7) is 2.10. The SMILES string of the molecule is CCc1cn(C)c(=O)c2ccc(Br)cc12. The Morgan fingerprint density at radius 3 is 2.73 bits per heavy atom. The van der Waals surface area contributed by atoms with Crippen molar-refractivity contribution in [3.63, 3.8) is 0 Å². The molecule has 3 heteroatoms. The number of hydrogen-bond acceptors (Lipinski definition) is 1. The van der Waals surface area contributed by atoms with Crippen molar-refractivity contribution >= 4 is 26.7 Å². The first-order chi connectivity index (χ1) is 7.13. The minimum atomic E-state index is 0.0645. The summed E-state index contributed by atoms with van der Waals surface area (Å²) in [6.07, 6.45) is 2.85. The van der Waals surface area contributed by atoms with Gasteiger partial charge in [0, 0.05) is 23.1 Å². The number of hydrogen-bond donors (Lipinski definition) is 0. The lowest BCUT2D eigenvalue weighted by Gasteiger charge is -2.07. The van der Waals surface area contributed by atoms with Crippen molar-refractivity contribution in [1.82, 2.24) is 4.57 Å². The van der Waals surface area contributed by atoms with Crippen molar-refractivity contribution in [2.75, 3.05) is 0 Å². The van der Waals surface area contributed by atoms with Gasteiger partial charge in [-0.1, -0.05) is 22.9 Å². The number of aryl methyl sites for hydroxylation is 2. The van der Waals surface area contributed by atoms with Gasteiger partial charge in [0.1, 0.15) is 0 Å². The molecule has 1 aromatic heterocycles. The first-order valence-corrected chi connectivity index (χ1v) is 5.70. The van der Waals surface area contributed by atoms with Gasteiger partial charge < -0.3 is 4.57 Å². The number of nitrogens with zero attached hydrogens (tertiary/aromatic N) is 1. The molecule has 0 fully saturated rings. The standard InChI is InChI=1S/C12H12BrNO/c1-3-8-7-14(2)12(15)10-5-4-9(13)6-11(8)10/h4-7H,3H2,1-2H3. The zero-order valence-corrected chi connectivity index (χ0v) is 10.3. The molecule has 0 radical (unpaired) electrons. The molecule has 0 bridgehead atoms. The summed E-state index contributed by atoms with van der Waals surface area (Å²) in [5.41, 5.74) is 1.27. The van der Waals surface area contributed by atoms with Crippen molar-refractivity contribution in [3.8, 4) is 0 Å². The molecule has 2 rings (SSSR count). The zero-order chi connectivity index (χ0) is 11.0. The predicted molar refractivity (Wildman–Crippen MR) is 66.3 cm³/mol. The van der Waals surface area contributed by atoms with Crippen molar-refractivity contribution in [2.45, 2.75) is 13.3 Å². The monoisotopic (exact) mass is 265 g/mol. The molecule has 15 heavy (non-hydrogen) atoms. The Morgan fingerprint density at radius 1 is 1.33 bits per heavy atom. The quantitative estimate of drug-likeness (QED) is 0.777. The van der Waals surface area contributed by atoms with Gasteiger partial charge in [-0.05, 0) is 35.6 Å². The summed E-state index contributed by atoms with van der Waals surface area (Å²) < 4.78 is 2.66. The van der Waals surface area contributed by atoms with Gasteiger partial charge in [-0.15, -0.1) is 0 Å². The second-order valence-electron chi connectivity index (χ2n) is 3.61. The van der Waals surface area contributed by atoms with Crippen LogP contribution >= 0.6 is 15.9 Å². The predicted octanol–water partition coefficient (Wildman–Crippen LogP) is 2.86. The second kappa shape index (κ2) is 3.81. The van der Waals surface area contributed by atoms with Crippen LogP contribution in [-0.2, 0) is 13.5 Å². The van der Waals surface area contributed by atoms with Crippen LogP contribution in [0.25, 0.3) is 10.8 Å². The van der Waals surface area contributed by atoms with Crippen molar-refractivity contribution < 1.29 is 0 Å². The molecule has 1 heterocycles. The third-order valence-electron chi connectivity index (χ3n) is 2.61. The molecule has 0 N–H and O–H groups in total. The normalized spacial score (nSPS) is 10.9. The summed E-state index contributed by atoms with van der Waals surface area (Å²) in [5.74, 6) is 0. The lowest BCUT2D eigenvalue weighted by molar-refractivity contribution is 0.857. The van der Waals surface area contributed by atoms with Crippen LogP contribution in [0, 0.1) is 0 Å². The first kappa shape index (κ1) is 10.4. The molecule has 0 atom stereocenters. The van der Waals surface area contributed by atoms with Gasteiger partial charge in [0.15, 0.2) is 0 Å². The highest BCUT2D eigenvalue weighted by molar-refractivity contribution is 9.10. The number of pyridine rings is 1. The van der Waals surface area contributed by atoms with Gasteiger partial charge in [-0.25, -0.2) is 0 Å². The largest absolute Gasteiger partial charge is 0.318 e. The number of aromatic nitrogens is 1. The third kappa shape index (κ3) is 1.72. The topological polar surface area (TPSA) is 22.0 Å². The van der Waals surface area contributed by atoms with Crippen LogP contribution in [0.5, 0.6) is 0 Å². The summed E-state index contributed by atoms with van der Waals surface area (Å²) in [4.78, 5) is 11.9. The molecule has 0 aliphatic heterocycles. The van der Waals surface area contributed by atoms with Crippen LogP contribution in [0.3, 0.4) is 0 Å². The molecular weight excluding hydrogens is 254 g/mol. The fourth-order valence-corrected chi connectivity index (χ4v) is 2.16. The zero-order valence-electron chi connectivity index (χ0n) is 8.75. The average Bonchev–Trinajstić information content (AvgIpc) is 2.23. The molecule has 0 saturated carbocycles. The molecule has 0 amide bonds. The van der Waals surface area contributed by atoms with Crippen LogP contribution in [0.2, 0.25) is 0 Å². The number of benzene rings is 1. The van der Waals surface area contributed by atoms with E-state index in [2.05, 4.69) is 22.9 Å². The Morgan fingerprint density at radius 2 is 2.07 bits per heavy atom. The van der Waals surface area contributed by atoms with E-state index in [-0.39, 0.29) is 5.56 Å². The van der Waals surface area contributed by atoms with Crippen LogP contribution < -0.4 is 5.56 Å². The van der Waals surface area contributed by atoms with E-state index in [9.17, 15) is 4.79 Å².